The number of hydrogen-bond donors (Lipinski definition) is 2. The second kappa shape index (κ2) is 9.06. The molecule has 5 nitrogen and oxygen atoms in total. The third-order valence-corrected chi connectivity index (χ3v) is 6.65. The molecule has 0 radical (unpaired) electrons. The number of ether oxygens (including phenoxy) is 1. The van der Waals surface area contributed by atoms with Crippen molar-refractivity contribution in [2.24, 2.45) is 11.3 Å². The molecule has 0 saturated heterocycles. The fraction of sp³-hybridized carbons (Fsp3) is 0.267. The SMILES string of the molecule is CCOc1ccc([C@@H]2Nc3ccc(C(=O)c4ccccc4)cc3NC3=CC(C)(C)CC(=O)[C@H]32)cc1. The molecule has 0 amide bonds. The van der Waals surface area contributed by atoms with E-state index in [2.05, 4.69) is 30.6 Å². The monoisotopic (exact) mass is 466 g/mol. The molecule has 2 atom stereocenters. The Balaban J connectivity index is 1.57. The van der Waals surface area contributed by atoms with E-state index in [1.807, 2.05) is 79.7 Å². The van der Waals surface area contributed by atoms with Crippen LogP contribution in [0.5, 0.6) is 5.75 Å². The summed E-state index contributed by atoms with van der Waals surface area (Å²) in [4.78, 5) is 26.6. The lowest BCUT2D eigenvalue weighted by molar-refractivity contribution is -0.124. The van der Waals surface area contributed by atoms with Crippen molar-refractivity contribution in [2.75, 3.05) is 17.2 Å². The number of Topliss-reactive ketones (excluding diaryl/α,β-unsaturated/α-hetero) is 1. The van der Waals surface area contributed by atoms with Crippen LogP contribution < -0.4 is 15.4 Å². The van der Waals surface area contributed by atoms with E-state index in [-0.39, 0.29) is 28.9 Å². The van der Waals surface area contributed by atoms with Gasteiger partial charge in [-0.05, 0) is 48.2 Å². The van der Waals surface area contributed by atoms with Crippen LogP contribution >= 0.6 is 0 Å². The highest BCUT2D eigenvalue weighted by Crippen LogP contribution is 2.45. The summed E-state index contributed by atoms with van der Waals surface area (Å²) in [7, 11) is 0. The molecule has 35 heavy (non-hydrogen) atoms. The van der Waals surface area contributed by atoms with E-state index >= 15 is 0 Å². The second-order valence-corrected chi connectivity index (χ2v) is 9.91. The minimum absolute atomic E-state index is 0.0342. The van der Waals surface area contributed by atoms with Gasteiger partial charge in [0.05, 0.1) is 29.9 Å². The summed E-state index contributed by atoms with van der Waals surface area (Å²) in [6.45, 7) is 6.72. The molecule has 2 aliphatic rings. The van der Waals surface area contributed by atoms with Crippen molar-refractivity contribution in [1.29, 1.82) is 0 Å². The van der Waals surface area contributed by atoms with Gasteiger partial charge in [0.15, 0.2) is 5.78 Å². The van der Waals surface area contributed by atoms with Crippen LogP contribution in [0, 0.1) is 11.3 Å². The van der Waals surface area contributed by atoms with E-state index in [0.29, 0.717) is 24.2 Å². The van der Waals surface area contributed by atoms with Gasteiger partial charge in [-0.15, -0.1) is 0 Å². The van der Waals surface area contributed by atoms with E-state index in [1.165, 1.54) is 0 Å². The summed E-state index contributed by atoms with van der Waals surface area (Å²) in [5.41, 5.74) is 4.53. The van der Waals surface area contributed by atoms with E-state index in [1.54, 1.807) is 0 Å². The summed E-state index contributed by atoms with van der Waals surface area (Å²) in [6, 6.07) is 22.6. The first-order chi connectivity index (χ1) is 16.8. The second-order valence-electron chi connectivity index (χ2n) is 9.91. The first kappa shape index (κ1) is 22.9. The van der Waals surface area contributed by atoms with Gasteiger partial charge in [0.2, 0.25) is 0 Å². The molecular weight excluding hydrogens is 436 g/mol. The number of allylic oxidation sites excluding steroid dienone is 1. The molecule has 0 bridgehead atoms. The lowest BCUT2D eigenvalue weighted by Gasteiger charge is -2.35. The average molecular weight is 467 g/mol. The highest BCUT2D eigenvalue weighted by Gasteiger charge is 2.41. The number of hydrogen-bond acceptors (Lipinski definition) is 5. The molecule has 3 aromatic carbocycles. The quantitative estimate of drug-likeness (QED) is 0.426. The lowest BCUT2D eigenvalue weighted by atomic mass is 9.72. The molecule has 178 valence electrons. The lowest BCUT2D eigenvalue weighted by Crippen LogP contribution is -2.36. The average Bonchev–Trinajstić information content (AvgIpc) is 3.00. The maximum absolute atomic E-state index is 13.5. The van der Waals surface area contributed by atoms with Crippen LogP contribution in [-0.2, 0) is 4.79 Å². The zero-order chi connectivity index (χ0) is 24.6. The number of carbonyl (C=O) groups is 2. The molecule has 0 spiro atoms. The maximum Gasteiger partial charge on any atom is 0.193 e. The molecule has 0 aromatic heterocycles. The summed E-state index contributed by atoms with van der Waals surface area (Å²) in [5, 5.41) is 7.14. The zero-order valence-corrected chi connectivity index (χ0v) is 20.3. The molecule has 1 aliphatic heterocycles. The molecule has 0 saturated carbocycles. The van der Waals surface area contributed by atoms with Gasteiger partial charge in [0, 0.05) is 23.2 Å². The Morgan fingerprint density at radius 3 is 2.43 bits per heavy atom. The highest BCUT2D eigenvalue weighted by atomic mass is 16.5. The number of anilines is 2. The number of nitrogens with one attached hydrogen (secondary N) is 2. The predicted octanol–water partition coefficient (Wildman–Crippen LogP) is 6.39. The Morgan fingerprint density at radius 1 is 0.971 bits per heavy atom. The molecule has 0 unspecified atom stereocenters. The minimum atomic E-state index is -0.360. The number of rotatable bonds is 5. The van der Waals surface area contributed by atoms with Gasteiger partial charge in [-0.2, -0.15) is 0 Å². The Hall–Kier alpha value is -3.86. The van der Waals surface area contributed by atoms with E-state index in [9.17, 15) is 9.59 Å². The third kappa shape index (κ3) is 4.59. The van der Waals surface area contributed by atoms with Crippen molar-refractivity contribution in [3.63, 3.8) is 0 Å². The Labute approximate surface area is 206 Å². The van der Waals surface area contributed by atoms with E-state index < -0.39 is 0 Å². The molecule has 2 N–H and O–H groups in total. The summed E-state index contributed by atoms with van der Waals surface area (Å²) >= 11 is 0. The van der Waals surface area contributed by atoms with Gasteiger partial charge < -0.3 is 15.4 Å². The molecule has 3 aromatic rings. The summed E-state index contributed by atoms with van der Waals surface area (Å²) in [6.07, 6.45) is 2.65. The zero-order valence-electron chi connectivity index (χ0n) is 20.3. The van der Waals surface area contributed by atoms with Gasteiger partial charge in [0.25, 0.3) is 0 Å². The van der Waals surface area contributed by atoms with Crippen molar-refractivity contribution >= 4 is 22.9 Å². The smallest absolute Gasteiger partial charge is 0.193 e. The first-order valence-electron chi connectivity index (χ1n) is 12.1. The van der Waals surface area contributed by atoms with Gasteiger partial charge in [0.1, 0.15) is 11.5 Å². The van der Waals surface area contributed by atoms with Gasteiger partial charge in [-0.25, -0.2) is 0 Å². The minimum Gasteiger partial charge on any atom is -0.494 e. The fourth-order valence-electron chi connectivity index (χ4n) is 5.06. The van der Waals surface area contributed by atoms with Crippen LogP contribution in [-0.4, -0.2) is 18.2 Å². The van der Waals surface area contributed by atoms with Crippen molar-refractivity contribution in [1.82, 2.24) is 0 Å². The van der Waals surface area contributed by atoms with Crippen LogP contribution in [0.4, 0.5) is 11.4 Å². The van der Waals surface area contributed by atoms with Crippen LogP contribution in [0.2, 0.25) is 0 Å². The van der Waals surface area contributed by atoms with Gasteiger partial charge in [-0.1, -0.05) is 62.4 Å². The number of ketones is 2. The van der Waals surface area contributed by atoms with Gasteiger partial charge in [-0.3, -0.25) is 9.59 Å². The number of fused-ring (bicyclic) bond motifs is 2. The highest BCUT2D eigenvalue weighted by molar-refractivity contribution is 6.10. The summed E-state index contributed by atoms with van der Waals surface area (Å²) in [5.74, 6) is 0.605. The van der Waals surface area contributed by atoms with E-state index in [4.69, 9.17) is 4.74 Å². The van der Waals surface area contributed by atoms with Crippen LogP contribution in [0.25, 0.3) is 0 Å². The van der Waals surface area contributed by atoms with Crippen LogP contribution in [0.3, 0.4) is 0 Å². The first-order valence-corrected chi connectivity index (χ1v) is 12.1. The topological polar surface area (TPSA) is 67.4 Å². The molecule has 1 heterocycles. The predicted molar refractivity (Wildman–Crippen MR) is 139 cm³/mol. The fourth-order valence-corrected chi connectivity index (χ4v) is 5.06. The molecule has 5 heteroatoms. The van der Waals surface area contributed by atoms with Crippen molar-refractivity contribution < 1.29 is 14.3 Å². The molecular formula is C30H30N2O3. The Bertz CT molecular complexity index is 1290. The Morgan fingerprint density at radius 2 is 1.71 bits per heavy atom. The standard InChI is InChI=1S/C30H30N2O3/c1-4-35-22-13-10-19(11-14-22)28-27-25(17-30(2,3)18-26(27)33)31-24-16-21(12-15-23(24)32-28)29(34)20-8-6-5-7-9-20/h5-17,27-28,31-32H,4,18H2,1-3H3/t27-,28-/m0/s1. The van der Waals surface area contributed by atoms with Crippen molar-refractivity contribution in [3.8, 4) is 5.75 Å². The number of carbonyl (C=O) groups excluding carboxylic acids is 2. The molecule has 1 aliphatic carbocycles. The third-order valence-electron chi connectivity index (χ3n) is 6.65. The van der Waals surface area contributed by atoms with Crippen molar-refractivity contribution in [2.45, 2.75) is 33.2 Å². The van der Waals surface area contributed by atoms with Crippen LogP contribution in [0.1, 0.15) is 54.7 Å². The maximum atomic E-state index is 13.5. The van der Waals surface area contributed by atoms with E-state index in [0.717, 1.165) is 28.4 Å². The Kier molecular flexibility index (Phi) is 5.93. The molecule has 0 fully saturated rings. The largest absolute Gasteiger partial charge is 0.494 e. The normalized spacial score (nSPS) is 20.3. The van der Waals surface area contributed by atoms with Crippen molar-refractivity contribution in [3.05, 3.63) is 101 Å². The number of benzene rings is 3. The molecule has 5 rings (SSSR count). The van der Waals surface area contributed by atoms with Crippen LogP contribution in [0.15, 0.2) is 84.6 Å². The van der Waals surface area contributed by atoms with Gasteiger partial charge >= 0.3 is 0 Å². The summed E-state index contributed by atoms with van der Waals surface area (Å²) < 4.78 is 5.61.